The molecule has 33 heavy (non-hydrogen) atoms. The third-order valence-corrected chi connectivity index (χ3v) is 8.19. The third kappa shape index (κ3) is 5.44. The van der Waals surface area contributed by atoms with Crippen LogP contribution >= 0.6 is 11.8 Å². The van der Waals surface area contributed by atoms with E-state index < -0.39 is 10.0 Å². The fourth-order valence-corrected chi connectivity index (χ4v) is 5.94. The molecule has 0 saturated carbocycles. The first kappa shape index (κ1) is 23.4. The number of amides is 1. The zero-order chi connectivity index (χ0) is 23.4. The number of nitrogens with one attached hydrogen (secondary N) is 1. The Balaban J connectivity index is 1.53. The first-order chi connectivity index (χ1) is 15.8. The van der Waals surface area contributed by atoms with Crippen molar-refractivity contribution in [3.05, 3.63) is 65.3 Å². The summed E-state index contributed by atoms with van der Waals surface area (Å²) in [7, 11) is -3.69. The van der Waals surface area contributed by atoms with E-state index in [0.717, 1.165) is 4.90 Å². The summed E-state index contributed by atoms with van der Waals surface area (Å²) >= 11 is 1.41. The summed E-state index contributed by atoms with van der Waals surface area (Å²) in [6.45, 7) is 4.84. The number of nitrogens with zero attached hydrogens (tertiary/aromatic N) is 3. The second kappa shape index (κ2) is 10.0. The van der Waals surface area contributed by atoms with Crippen LogP contribution < -0.4 is 5.32 Å². The fraction of sp³-hybridized carbons (Fsp3) is 0.318. The van der Waals surface area contributed by atoms with Crippen LogP contribution in [0.25, 0.3) is 0 Å². The SMILES string of the molecule is Cc1noc(CSc2ccccc2C(=O)Nc2ccc(C)c(S(=O)(=O)N3CCOCC3)c2)n1. The number of hydrogen-bond acceptors (Lipinski definition) is 8. The molecule has 0 bridgehead atoms. The molecule has 11 heteroatoms. The molecule has 4 rings (SSSR count). The van der Waals surface area contributed by atoms with Gasteiger partial charge in [-0.2, -0.15) is 9.29 Å². The van der Waals surface area contributed by atoms with Gasteiger partial charge in [-0.15, -0.1) is 11.8 Å². The normalized spacial score (nSPS) is 14.8. The van der Waals surface area contributed by atoms with Crippen LogP contribution in [0.2, 0.25) is 0 Å². The molecule has 1 fully saturated rings. The van der Waals surface area contributed by atoms with E-state index in [-0.39, 0.29) is 10.8 Å². The Kier molecular flexibility index (Phi) is 7.13. The van der Waals surface area contributed by atoms with Crippen LogP contribution in [-0.2, 0) is 20.5 Å². The summed E-state index contributed by atoms with van der Waals surface area (Å²) < 4.78 is 38.1. The van der Waals surface area contributed by atoms with Crippen molar-refractivity contribution in [2.45, 2.75) is 29.4 Å². The maximum atomic E-state index is 13.1. The average Bonchev–Trinajstić information content (AvgIpc) is 3.24. The Labute approximate surface area is 196 Å². The van der Waals surface area contributed by atoms with Gasteiger partial charge in [0.15, 0.2) is 5.82 Å². The van der Waals surface area contributed by atoms with Crippen molar-refractivity contribution in [1.29, 1.82) is 0 Å². The molecule has 0 spiro atoms. The van der Waals surface area contributed by atoms with E-state index in [1.165, 1.54) is 22.1 Å². The summed E-state index contributed by atoms with van der Waals surface area (Å²) in [5.74, 6) is 1.12. The van der Waals surface area contributed by atoms with Crippen molar-refractivity contribution in [1.82, 2.24) is 14.4 Å². The number of carbonyl (C=O) groups is 1. The number of carbonyl (C=O) groups excluding carboxylic acids is 1. The van der Waals surface area contributed by atoms with Gasteiger partial charge in [0.05, 0.1) is 29.4 Å². The highest BCUT2D eigenvalue weighted by molar-refractivity contribution is 7.98. The van der Waals surface area contributed by atoms with Gasteiger partial charge in [0.1, 0.15) is 0 Å². The lowest BCUT2D eigenvalue weighted by Gasteiger charge is -2.26. The van der Waals surface area contributed by atoms with Gasteiger partial charge in [0, 0.05) is 23.7 Å². The maximum Gasteiger partial charge on any atom is 0.256 e. The largest absolute Gasteiger partial charge is 0.379 e. The van der Waals surface area contributed by atoms with E-state index in [0.29, 0.717) is 60.6 Å². The minimum absolute atomic E-state index is 0.177. The van der Waals surface area contributed by atoms with Crippen molar-refractivity contribution in [2.75, 3.05) is 31.6 Å². The van der Waals surface area contributed by atoms with Crippen LogP contribution in [0.5, 0.6) is 0 Å². The number of thioether (sulfide) groups is 1. The quantitative estimate of drug-likeness (QED) is 0.504. The van der Waals surface area contributed by atoms with E-state index in [1.807, 2.05) is 12.1 Å². The van der Waals surface area contributed by atoms with Gasteiger partial charge in [-0.1, -0.05) is 23.4 Å². The Morgan fingerprint density at radius 2 is 1.91 bits per heavy atom. The van der Waals surface area contributed by atoms with Crippen molar-refractivity contribution < 1.29 is 22.5 Å². The molecular formula is C22H24N4O5S2. The highest BCUT2D eigenvalue weighted by Gasteiger charge is 2.28. The van der Waals surface area contributed by atoms with Crippen molar-refractivity contribution in [3.63, 3.8) is 0 Å². The monoisotopic (exact) mass is 488 g/mol. The first-order valence-electron chi connectivity index (χ1n) is 10.4. The molecule has 1 aliphatic heterocycles. The molecule has 2 aromatic carbocycles. The molecule has 0 unspecified atom stereocenters. The van der Waals surface area contributed by atoms with Crippen molar-refractivity contribution in [2.24, 2.45) is 0 Å². The smallest absolute Gasteiger partial charge is 0.256 e. The third-order valence-electron chi connectivity index (χ3n) is 5.09. The summed E-state index contributed by atoms with van der Waals surface area (Å²) in [6.07, 6.45) is 0. The van der Waals surface area contributed by atoms with E-state index in [9.17, 15) is 13.2 Å². The summed E-state index contributed by atoms with van der Waals surface area (Å²) in [5, 5.41) is 6.61. The van der Waals surface area contributed by atoms with Crippen LogP contribution in [0.4, 0.5) is 5.69 Å². The average molecular weight is 489 g/mol. The van der Waals surface area contributed by atoms with Crippen LogP contribution in [0, 0.1) is 13.8 Å². The van der Waals surface area contributed by atoms with E-state index in [1.54, 1.807) is 38.1 Å². The highest BCUT2D eigenvalue weighted by Crippen LogP contribution is 2.28. The maximum absolute atomic E-state index is 13.1. The number of sulfonamides is 1. The molecular weight excluding hydrogens is 464 g/mol. The van der Waals surface area contributed by atoms with E-state index in [2.05, 4.69) is 15.5 Å². The fourth-order valence-electron chi connectivity index (χ4n) is 3.40. The summed E-state index contributed by atoms with van der Waals surface area (Å²) in [6, 6.07) is 12.1. The molecule has 0 aliphatic carbocycles. The molecule has 3 aromatic rings. The van der Waals surface area contributed by atoms with Gasteiger partial charge in [0.25, 0.3) is 5.91 Å². The minimum atomic E-state index is -3.69. The van der Waals surface area contributed by atoms with Gasteiger partial charge in [-0.3, -0.25) is 4.79 Å². The lowest BCUT2D eigenvalue weighted by Crippen LogP contribution is -2.40. The Morgan fingerprint density at radius 3 is 2.64 bits per heavy atom. The molecule has 1 amide bonds. The Bertz CT molecular complexity index is 1250. The zero-order valence-electron chi connectivity index (χ0n) is 18.3. The number of rotatable bonds is 7. The van der Waals surface area contributed by atoms with Crippen molar-refractivity contribution in [3.8, 4) is 0 Å². The Hall–Kier alpha value is -2.73. The first-order valence-corrected chi connectivity index (χ1v) is 12.8. The van der Waals surface area contributed by atoms with Crippen LogP contribution in [0.1, 0.15) is 27.6 Å². The highest BCUT2D eigenvalue weighted by atomic mass is 32.2. The van der Waals surface area contributed by atoms with Crippen LogP contribution in [0.3, 0.4) is 0 Å². The molecule has 1 saturated heterocycles. The molecule has 1 aromatic heterocycles. The summed E-state index contributed by atoms with van der Waals surface area (Å²) in [4.78, 5) is 18.2. The number of aryl methyl sites for hydroxylation is 2. The predicted octanol–water partition coefficient (Wildman–Crippen LogP) is 3.25. The number of morpholine rings is 1. The molecule has 174 valence electrons. The number of benzene rings is 2. The molecule has 9 nitrogen and oxygen atoms in total. The van der Waals surface area contributed by atoms with Gasteiger partial charge in [-0.05, 0) is 43.7 Å². The number of ether oxygens (including phenoxy) is 1. The molecule has 0 atom stereocenters. The summed E-state index contributed by atoms with van der Waals surface area (Å²) in [5.41, 5.74) is 1.49. The topological polar surface area (TPSA) is 115 Å². The van der Waals surface area contributed by atoms with E-state index in [4.69, 9.17) is 9.26 Å². The molecule has 2 heterocycles. The van der Waals surface area contributed by atoms with Crippen LogP contribution in [0.15, 0.2) is 56.8 Å². The zero-order valence-corrected chi connectivity index (χ0v) is 19.9. The number of hydrogen-bond donors (Lipinski definition) is 1. The van der Waals surface area contributed by atoms with Gasteiger partial charge in [-0.25, -0.2) is 8.42 Å². The van der Waals surface area contributed by atoms with Gasteiger partial charge >= 0.3 is 0 Å². The number of aromatic nitrogens is 2. The molecule has 0 radical (unpaired) electrons. The molecule has 1 N–H and O–H groups in total. The minimum Gasteiger partial charge on any atom is -0.379 e. The van der Waals surface area contributed by atoms with Gasteiger partial charge < -0.3 is 14.6 Å². The molecule has 1 aliphatic rings. The second-order valence-electron chi connectivity index (χ2n) is 7.47. The lowest BCUT2D eigenvalue weighted by atomic mass is 10.2. The predicted molar refractivity (Wildman–Crippen MR) is 124 cm³/mol. The number of anilines is 1. The van der Waals surface area contributed by atoms with Gasteiger partial charge in [0.2, 0.25) is 15.9 Å². The lowest BCUT2D eigenvalue weighted by molar-refractivity contribution is 0.0730. The van der Waals surface area contributed by atoms with Crippen molar-refractivity contribution >= 4 is 33.4 Å². The Morgan fingerprint density at radius 1 is 1.15 bits per heavy atom. The second-order valence-corrected chi connectivity index (χ2v) is 10.4. The van der Waals surface area contributed by atoms with Crippen LogP contribution in [-0.4, -0.2) is 55.1 Å². The van der Waals surface area contributed by atoms with E-state index >= 15 is 0 Å². The standard InChI is InChI=1S/C22H24N4O5S2/c1-15-7-8-17(13-20(15)33(28,29)26-9-11-30-12-10-26)24-22(27)18-5-3-4-6-19(18)32-14-21-23-16(2)25-31-21/h3-8,13H,9-12,14H2,1-2H3,(H,24,27).